The summed E-state index contributed by atoms with van der Waals surface area (Å²) in [5.41, 5.74) is 0. The van der Waals surface area contributed by atoms with Crippen molar-refractivity contribution in [1.29, 1.82) is 0 Å². The van der Waals surface area contributed by atoms with Gasteiger partial charge in [0.1, 0.15) is 6.29 Å². The van der Waals surface area contributed by atoms with Crippen LogP contribution in [0.3, 0.4) is 0 Å². The molecule has 0 amide bonds. The van der Waals surface area contributed by atoms with Crippen molar-refractivity contribution in [2.45, 2.75) is 25.7 Å². The van der Waals surface area contributed by atoms with Crippen molar-refractivity contribution in [3.63, 3.8) is 0 Å². The van der Waals surface area contributed by atoms with Crippen LogP contribution in [-0.2, 0) is 4.79 Å². The summed E-state index contributed by atoms with van der Waals surface area (Å²) in [6.07, 6.45) is 17.0. The van der Waals surface area contributed by atoms with E-state index in [4.69, 9.17) is 6.42 Å². The van der Waals surface area contributed by atoms with E-state index in [1.807, 2.05) is 12.2 Å². The van der Waals surface area contributed by atoms with Crippen molar-refractivity contribution in [1.82, 2.24) is 0 Å². The molecule has 0 saturated heterocycles. The Bertz CT molecular complexity index is 291. The number of aldehydes is 1. The Kier molecular flexibility index (Phi) is 9.88. The summed E-state index contributed by atoms with van der Waals surface area (Å²) >= 11 is 0. The predicted octanol–water partition coefficient (Wildman–Crippen LogP) is 2.49. The Morgan fingerprint density at radius 2 is 1.93 bits per heavy atom. The zero-order valence-electron chi connectivity index (χ0n) is 8.20. The van der Waals surface area contributed by atoms with E-state index in [9.17, 15) is 4.79 Å². The molecule has 0 fully saturated rings. The molecule has 1 nitrogen and oxygen atoms in total. The van der Waals surface area contributed by atoms with Gasteiger partial charge in [-0.1, -0.05) is 24.1 Å². The first kappa shape index (κ1) is 12.3. The number of hydrogen-bond donors (Lipinski definition) is 0. The first-order valence-electron chi connectivity index (χ1n) is 4.60. The van der Waals surface area contributed by atoms with Crippen molar-refractivity contribution in [2.75, 3.05) is 0 Å². The van der Waals surface area contributed by atoms with E-state index in [1.54, 1.807) is 0 Å². The van der Waals surface area contributed by atoms with E-state index in [0.717, 1.165) is 25.5 Å². The highest BCUT2D eigenvalue weighted by Crippen LogP contribution is 1.97. The van der Waals surface area contributed by atoms with Crippen LogP contribution in [0.4, 0.5) is 0 Å². The minimum absolute atomic E-state index is 0.717. The lowest BCUT2D eigenvalue weighted by Crippen LogP contribution is -1.70. The van der Waals surface area contributed by atoms with E-state index in [0.29, 0.717) is 6.42 Å². The van der Waals surface area contributed by atoms with Crippen molar-refractivity contribution < 1.29 is 4.79 Å². The summed E-state index contributed by atoms with van der Waals surface area (Å²) < 4.78 is 0. The van der Waals surface area contributed by atoms with Gasteiger partial charge in [-0.25, -0.2) is 0 Å². The number of hydrogen-bond acceptors (Lipinski definition) is 1. The Hall–Kier alpha value is -1.73. The fraction of sp³-hybridized carbons (Fsp3) is 0.308. The standard InChI is InChI=1S/C13H14O/c1-2-3-4-5-6-7-8-9-10-11-12-13-14/h1,6-7,11-13H,5,8-10H2. The molecule has 0 aliphatic heterocycles. The highest BCUT2D eigenvalue weighted by atomic mass is 16.1. The Morgan fingerprint density at radius 3 is 2.64 bits per heavy atom. The summed E-state index contributed by atoms with van der Waals surface area (Å²) in [5, 5.41) is 0. The lowest BCUT2D eigenvalue weighted by molar-refractivity contribution is -0.104. The van der Waals surface area contributed by atoms with Gasteiger partial charge >= 0.3 is 0 Å². The van der Waals surface area contributed by atoms with Crippen LogP contribution < -0.4 is 0 Å². The van der Waals surface area contributed by atoms with Gasteiger partial charge in [-0.3, -0.25) is 4.79 Å². The predicted molar refractivity (Wildman–Crippen MR) is 59.4 cm³/mol. The fourth-order valence-corrected chi connectivity index (χ4v) is 0.868. The van der Waals surface area contributed by atoms with E-state index in [2.05, 4.69) is 23.8 Å². The molecular weight excluding hydrogens is 172 g/mol. The number of terminal acetylenes is 1. The molecular formula is C13H14O. The molecule has 0 heterocycles. The van der Waals surface area contributed by atoms with E-state index >= 15 is 0 Å². The number of allylic oxidation sites excluding steroid dienone is 4. The molecule has 0 spiro atoms. The van der Waals surface area contributed by atoms with Crippen molar-refractivity contribution in [3.8, 4) is 24.2 Å². The molecule has 72 valence electrons. The van der Waals surface area contributed by atoms with Crippen molar-refractivity contribution in [2.24, 2.45) is 0 Å². The number of rotatable bonds is 6. The van der Waals surface area contributed by atoms with Crippen LogP contribution in [0, 0.1) is 24.2 Å². The molecule has 0 saturated carbocycles. The average Bonchev–Trinajstić information content (AvgIpc) is 2.21. The van der Waals surface area contributed by atoms with E-state index in [-0.39, 0.29) is 0 Å². The fourth-order valence-electron chi connectivity index (χ4n) is 0.868. The minimum Gasteiger partial charge on any atom is -0.299 e. The molecule has 0 aliphatic carbocycles. The smallest absolute Gasteiger partial charge is 0.142 e. The van der Waals surface area contributed by atoms with Crippen LogP contribution in [0.5, 0.6) is 0 Å². The monoisotopic (exact) mass is 186 g/mol. The van der Waals surface area contributed by atoms with Gasteiger partial charge in [0.15, 0.2) is 0 Å². The lowest BCUT2D eigenvalue weighted by atomic mass is 10.2. The molecule has 14 heavy (non-hydrogen) atoms. The third kappa shape index (κ3) is 10.3. The molecule has 1 heteroatoms. The molecule has 0 aromatic heterocycles. The third-order valence-electron chi connectivity index (χ3n) is 1.50. The zero-order valence-corrected chi connectivity index (χ0v) is 8.20. The molecule has 0 radical (unpaired) electrons. The largest absolute Gasteiger partial charge is 0.299 e. The van der Waals surface area contributed by atoms with Crippen LogP contribution in [0.15, 0.2) is 24.3 Å². The normalized spacial score (nSPS) is 9.64. The van der Waals surface area contributed by atoms with Crippen LogP contribution in [0.2, 0.25) is 0 Å². The van der Waals surface area contributed by atoms with Gasteiger partial charge in [0.05, 0.1) is 0 Å². The number of carbonyl (C=O) groups excluding carboxylic acids is 1. The quantitative estimate of drug-likeness (QED) is 0.205. The molecule has 0 atom stereocenters. The summed E-state index contributed by atoms with van der Waals surface area (Å²) in [5.74, 6) is 7.61. The molecule has 0 unspecified atom stereocenters. The second kappa shape index (κ2) is 11.3. The summed E-state index contributed by atoms with van der Waals surface area (Å²) in [6, 6.07) is 0. The van der Waals surface area contributed by atoms with Crippen LogP contribution in [0.1, 0.15) is 25.7 Å². The highest BCUT2D eigenvalue weighted by Gasteiger charge is 1.79. The SMILES string of the molecule is C#CC#CCC=CCCCC=CC=O. The molecule has 0 rings (SSSR count). The van der Waals surface area contributed by atoms with Crippen molar-refractivity contribution >= 4 is 6.29 Å². The molecule has 0 aromatic rings. The van der Waals surface area contributed by atoms with Crippen molar-refractivity contribution in [3.05, 3.63) is 24.3 Å². The second-order valence-electron chi connectivity index (χ2n) is 2.62. The molecule has 0 bridgehead atoms. The summed E-state index contributed by atoms with van der Waals surface area (Å²) in [6.45, 7) is 0. The first-order valence-corrected chi connectivity index (χ1v) is 4.60. The number of unbranched alkanes of at least 4 members (excludes halogenated alkanes) is 2. The molecule has 0 N–H and O–H groups in total. The number of carbonyl (C=O) groups is 1. The molecule has 0 aromatic carbocycles. The Balaban J connectivity index is 3.32. The summed E-state index contributed by atoms with van der Waals surface area (Å²) in [7, 11) is 0. The second-order valence-corrected chi connectivity index (χ2v) is 2.62. The Morgan fingerprint density at radius 1 is 1.14 bits per heavy atom. The minimum atomic E-state index is 0.717. The van der Waals surface area contributed by atoms with Gasteiger partial charge in [0.25, 0.3) is 0 Å². The molecule has 0 aliphatic rings. The van der Waals surface area contributed by atoms with Gasteiger partial charge in [-0.2, -0.15) is 0 Å². The van der Waals surface area contributed by atoms with Gasteiger partial charge in [-0.15, -0.1) is 6.42 Å². The van der Waals surface area contributed by atoms with Gasteiger partial charge in [0, 0.05) is 6.42 Å². The summed E-state index contributed by atoms with van der Waals surface area (Å²) in [4.78, 5) is 9.91. The Labute approximate surface area is 85.9 Å². The van der Waals surface area contributed by atoms with E-state index < -0.39 is 0 Å². The maximum atomic E-state index is 9.91. The van der Waals surface area contributed by atoms with Gasteiger partial charge in [-0.05, 0) is 37.2 Å². The van der Waals surface area contributed by atoms with Gasteiger partial charge in [0.2, 0.25) is 0 Å². The topological polar surface area (TPSA) is 17.1 Å². The average molecular weight is 186 g/mol. The van der Waals surface area contributed by atoms with E-state index in [1.165, 1.54) is 6.08 Å². The van der Waals surface area contributed by atoms with Crippen LogP contribution >= 0.6 is 0 Å². The third-order valence-corrected chi connectivity index (χ3v) is 1.50. The zero-order chi connectivity index (χ0) is 10.5. The maximum Gasteiger partial charge on any atom is 0.142 e. The van der Waals surface area contributed by atoms with Crippen LogP contribution in [-0.4, -0.2) is 6.29 Å². The maximum absolute atomic E-state index is 9.91. The lowest BCUT2D eigenvalue weighted by Gasteiger charge is -1.87. The van der Waals surface area contributed by atoms with Gasteiger partial charge < -0.3 is 0 Å². The highest BCUT2D eigenvalue weighted by molar-refractivity contribution is 5.64. The first-order chi connectivity index (χ1) is 6.91. The van der Waals surface area contributed by atoms with Crippen LogP contribution in [0.25, 0.3) is 0 Å².